The fourth-order valence-electron chi connectivity index (χ4n) is 0.845. The Bertz CT molecular complexity index is 380. The van der Waals surface area contributed by atoms with Gasteiger partial charge in [-0.05, 0) is 0 Å². The molecule has 0 radical (unpaired) electrons. The molecule has 3 N–H and O–H groups in total. The van der Waals surface area contributed by atoms with Gasteiger partial charge >= 0.3 is 18.0 Å². The maximum atomic E-state index is 12.8. The number of rotatable bonds is 2. The topological polar surface area (TPSA) is 54.7 Å². The lowest BCUT2D eigenvalue weighted by Crippen LogP contribution is -2.50. The fourth-order valence-corrected chi connectivity index (χ4v) is 0.845. The van der Waals surface area contributed by atoms with Gasteiger partial charge in [0.2, 0.25) is 0 Å². The molecule has 0 atom stereocenters. The third kappa shape index (κ3) is 1.67. The molecule has 0 aromatic carbocycles. The van der Waals surface area contributed by atoms with Crippen LogP contribution in [-0.2, 0) is 5.92 Å². The largest absolute Gasteiger partial charge is 0.460 e. The molecule has 0 aliphatic heterocycles. The molecular weight excluding hydrogens is 247 g/mol. The van der Waals surface area contributed by atoms with Crippen molar-refractivity contribution in [1.29, 1.82) is 0 Å². The smallest absolute Gasteiger partial charge is 0.382 e. The zero-order chi connectivity index (χ0) is 12.8. The Morgan fingerprint density at radius 1 is 1.06 bits per heavy atom. The molecular formula is C6H4F7N3. The molecule has 0 aliphatic rings. The van der Waals surface area contributed by atoms with Crippen LogP contribution in [0.25, 0.3) is 0 Å². The van der Waals surface area contributed by atoms with Crippen LogP contribution in [0.5, 0.6) is 0 Å². The van der Waals surface area contributed by atoms with Crippen molar-refractivity contribution in [1.82, 2.24) is 10.2 Å². The minimum atomic E-state index is -6.38. The number of nitrogens with zero attached hydrogens (tertiary/aromatic N) is 1. The van der Waals surface area contributed by atoms with Crippen LogP contribution in [0.3, 0.4) is 0 Å². The average molecular weight is 251 g/mol. The lowest BCUT2D eigenvalue weighted by atomic mass is 10.1. The molecule has 0 spiro atoms. The summed E-state index contributed by atoms with van der Waals surface area (Å²) < 4.78 is 85.7. The number of aromatic amines is 1. The molecule has 0 fully saturated rings. The molecule has 92 valence electrons. The maximum absolute atomic E-state index is 12.8. The quantitative estimate of drug-likeness (QED) is 0.792. The minimum Gasteiger partial charge on any atom is -0.382 e. The summed E-state index contributed by atoms with van der Waals surface area (Å²) in [5.41, 5.74) is 3.12. The lowest BCUT2D eigenvalue weighted by molar-refractivity contribution is -0.360. The van der Waals surface area contributed by atoms with Crippen molar-refractivity contribution in [2.75, 3.05) is 5.73 Å². The molecule has 1 rings (SSSR count). The SMILES string of the molecule is Nc1cc(C(F)(F)C(F)(F)C(F)(F)F)[nH]n1. The standard InChI is InChI=1S/C6H4F7N3/c7-4(8,2-1-3(14)16-15-2)5(9,10)6(11,12)13/h1H,(H3,14,15,16). The third-order valence-corrected chi connectivity index (χ3v) is 1.69. The number of alkyl halides is 7. The van der Waals surface area contributed by atoms with E-state index >= 15 is 0 Å². The van der Waals surface area contributed by atoms with Gasteiger partial charge in [-0.15, -0.1) is 0 Å². The predicted molar refractivity (Wildman–Crippen MR) is 37.9 cm³/mol. The van der Waals surface area contributed by atoms with E-state index in [1.54, 1.807) is 0 Å². The molecule has 1 aromatic rings. The molecule has 0 saturated carbocycles. The van der Waals surface area contributed by atoms with Crippen molar-refractivity contribution < 1.29 is 30.7 Å². The summed E-state index contributed by atoms with van der Waals surface area (Å²) >= 11 is 0. The highest BCUT2D eigenvalue weighted by molar-refractivity contribution is 5.31. The zero-order valence-electron chi connectivity index (χ0n) is 7.25. The highest BCUT2D eigenvalue weighted by Crippen LogP contribution is 2.51. The van der Waals surface area contributed by atoms with Gasteiger partial charge in [0.15, 0.2) is 0 Å². The van der Waals surface area contributed by atoms with Crippen LogP contribution in [0, 0.1) is 0 Å². The Balaban J connectivity index is 3.21. The Kier molecular flexibility index (Phi) is 2.56. The number of hydrogen-bond donors (Lipinski definition) is 2. The van der Waals surface area contributed by atoms with E-state index in [-0.39, 0.29) is 6.07 Å². The monoisotopic (exact) mass is 251 g/mol. The van der Waals surface area contributed by atoms with Crippen LogP contribution < -0.4 is 5.73 Å². The highest BCUT2D eigenvalue weighted by atomic mass is 19.4. The number of halogens is 7. The first kappa shape index (κ1) is 12.6. The molecule has 0 aliphatic carbocycles. The molecule has 0 amide bonds. The van der Waals surface area contributed by atoms with Crippen molar-refractivity contribution >= 4 is 5.82 Å². The van der Waals surface area contributed by atoms with Gasteiger partial charge in [-0.25, -0.2) is 0 Å². The molecule has 0 unspecified atom stereocenters. The van der Waals surface area contributed by atoms with Gasteiger partial charge in [0, 0.05) is 6.07 Å². The summed E-state index contributed by atoms with van der Waals surface area (Å²) in [6, 6.07) is 0.208. The Morgan fingerprint density at radius 3 is 1.88 bits per heavy atom. The van der Waals surface area contributed by atoms with Crippen LogP contribution >= 0.6 is 0 Å². The van der Waals surface area contributed by atoms with Crippen LogP contribution in [0.1, 0.15) is 5.69 Å². The highest BCUT2D eigenvalue weighted by Gasteiger charge is 2.74. The molecule has 10 heteroatoms. The molecule has 3 nitrogen and oxygen atoms in total. The number of nitrogens with two attached hydrogens (primary N) is 1. The number of anilines is 1. The Hall–Kier alpha value is -1.48. The second kappa shape index (κ2) is 3.25. The van der Waals surface area contributed by atoms with E-state index in [9.17, 15) is 30.7 Å². The number of aromatic nitrogens is 2. The van der Waals surface area contributed by atoms with Crippen LogP contribution in [0.4, 0.5) is 36.6 Å². The predicted octanol–water partition coefficient (Wildman–Crippen LogP) is 2.28. The second-order valence-corrected chi connectivity index (χ2v) is 2.85. The second-order valence-electron chi connectivity index (χ2n) is 2.85. The first-order valence-corrected chi connectivity index (χ1v) is 3.64. The van der Waals surface area contributed by atoms with E-state index in [1.807, 2.05) is 0 Å². The number of hydrogen-bond acceptors (Lipinski definition) is 2. The van der Waals surface area contributed by atoms with E-state index in [4.69, 9.17) is 5.73 Å². The fraction of sp³-hybridized carbons (Fsp3) is 0.500. The number of nitrogens with one attached hydrogen (secondary N) is 1. The Morgan fingerprint density at radius 2 is 1.56 bits per heavy atom. The van der Waals surface area contributed by atoms with E-state index in [2.05, 4.69) is 5.10 Å². The average Bonchev–Trinajstić information content (AvgIpc) is 2.49. The molecule has 0 saturated heterocycles. The lowest BCUT2D eigenvalue weighted by Gasteiger charge is -2.26. The van der Waals surface area contributed by atoms with E-state index < -0.39 is 29.5 Å². The summed E-state index contributed by atoms with van der Waals surface area (Å²) in [7, 11) is 0. The summed E-state index contributed by atoms with van der Waals surface area (Å²) in [6.07, 6.45) is -6.38. The van der Waals surface area contributed by atoms with Crippen LogP contribution in [-0.4, -0.2) is 22.3 Å². The number of nitrogen functional groups attached to an aromatic ring is 1. The van der Waals surface area contributed by atoms with Crippen molar-refractivity contribution in [3.05, 3.63) is 11.8 Å². The van der Waals surface area contributed by atoms with Crippen LogP contribution in [0.2, 0.25) is 0 Å². The first-order valence-electron chi connectivity index (χ1n) is 3.64. The minimum absolute atomic E-state index is 0.208. The zero-order valence-corrected chi connectivity index (χ0v) is 7.25. The normalized spacial score (nSPS) is 14.2. The molecule has 1 heterocycles. The van der Waals surface area contributed by atoms with Gasteiger partial charge in [0.05, 0.1) is 0 Å². The van der Waals surface area contributed by atoms with Crippen molar-refractivity contribution in [2.45, 2.75) is 18.0 Å². The molecule has 1 aromatic heterocycles. The van der Waals surface area contributed by atoms with Gasteiger partial charge in [0.1, 0.15) is 11.5 Å². The van der Waals surface area contributed by atoms with E-state index in [0.29, 0.717) is 0 Å². The van der Waals surface area contributed by atoms with Gasteiger partial charge in [0.25, 0.3) is 0 Å². The maximum Gasteiger partial charge on any atom is 0.460 e. The van der Waals surface area contributed by atoms with Gasteiger partial charge < -0.3 is 5.73 Å². The van der Waals surface area contributed by atoms with Crippen molar-refractivity contribution in [2.24, 2.45) is 0 Å². The Labute approximate surface area is 83.4 Å². The summed E-state index contributed by atoms with van der Waals surface area (Å²) in [5.74, 6) is -12.3. The summed E-state index contributed by atoms with van der Waals surface area (Å²) in [6.45, 7) is 0. The summed E-state index contributed by atoms with van der Waals surface area (Å²) in [4.78, 5) is 0. The molecule has 16 heavy (non-hydrogen) atoms. The van der Waals surface area contributed by atoms with Gasteiger partial charge in [-0.2, -0.15) is 35.8 Å². The van der Waals surface area contributed by atoms with E-state index in [1.165, 1.54) is 5.10 Å². The van der Waals surface area contributed by atoms with Gasteiger partial charge in [-0.3, -0.25) is 5.10 Å². The first-order chi connectivity index (χ1) is 7.00. The van der Waals surface area contributed by atoms with Gasteiger partial charge in [-0.1, -0.05) is 0 Å². The third-order valence-electron chi connectivity index (χ3n) is 1.69. The molecule has 0 bridgehead atoms. The van der Waals surface area contributed by atoms with Crippen LogP contribution in [0.15, 0.2) is 6.07 Å². The van der Waals surface area contributed by atoms with Crippen molar-refractivity contribution in [3.8, 4) is 0 Å². The van der Waals surface area contributed by atoms with E-state index in [0.717, 1.165) is 0 Å². The summed E-state index contributed by atoms with van der Waals surface area (Å²) in [5, 5.41) is 4.17. The number of H-pyrrole nitrogens is 1. The van der Waals surface area contributed by atoms with Crippen molar-refractivity contribution in [3.63, 3.8) is 0 Å².